The highest BCUT2D eigenvalue weighted by Gasteiger charge is 2.30. The summed E-state index contributed by atoms with van der Waals surface area (Å²) in [6.45, 7) is 0.195. The molecule has 3 aromatic rings. The lowest BCUT2D eigenvalue weighted by atomic mass is 10.1. The van der Waals surface area contributed by atoms with Crippen molar-refractivity contribution in [3.63, 3.8) is 0 Å². The Morgan fingerprint density at radius 3 is 2.72 bits per heavy atom. The number of benzene rings is 2. The Morgan fingerprint density at radius 2 is 1.96 bits per heavy atom. The van der Waals surface area contributed by atoms with Gasteiger partial charge in [-0.2, -0.15) is 13.2 Å². The summed E-state index contributed by atoms with van der Waals surface area (Å²) in [7, 11) is 0. The van der Waals surface area contributed by atoms with Crippen LogP contribution < -0.4 is 5.32 Å². The molecule has 0 aliphatic heterocycles. The number of fused-ring (bicyclic) bond motifs is 1. The predicted octanol–water partition coefficient (Wildman–Crippen LogP) is 3.91. The number of amides is 1. The van der Waals surface area contributed by atoms with Crippen LogP contribution in [0.2, 0.25) is 0 Å². The first kappa shape index (κ1) is 16.8. The SMILES string of the molecule is O=C(C=Cc1cccc(C(F)(F)F)c1)NCc1nc2ccccc2[nH]1. The van der Waals surface area contributed by atoms with E-state index in [-0.39, 0.29) is 6.54 Å². The summed E-state index contributed by atoms with van der Waals surface area (Å²) in [4.78, 5) is 19.2. The van der Waals surface area contributed by atoms with Gasteiger partial charge in [0.05, 0.1) is 23.1 Å². The van der Waals surface area contributed by atoms with Crippen LogP contribution in [-0.4, -0.2) is 15.9 Å². The Hall–Kier alpha value is -3.09. The number of H-pyrrole nitrogens is 1. The van der Waals surface area contributed by atoms with Crippen molar-refractivity contribution in [2.75, 3.05) is 0 Å². The van der Waals surface area contributed by atoms with Crippen LogP contribution >= 0.6 is 0 Å². The second-order valence-corrected chi connectivity index (χ2v) is 5.38. The van der Waals surface area contributed by atoms with Gasteiger partial charge < -0.3 is 10.3 Å². The van der Waals surface area contributed by atoms with Crippen LogP contribution in [0.4, 0.5) is 13.2 Å². The molecule has 0 saturated heterocycles. The largest absolute Gasteiger partial charge is 0.416 e. The Bertz CT molecular complexity index is 895. The zero-order valence-electron chi connectivity index (χ0n) is 13.0. The van der Waals surface area contributed by atoms with Gasteiger partial charge in [-0.3, -0.25) is 4.79 Å². The summed E-state index contributed by atoms with van der Waals surface area (Å²) in [5, 5.41) is 2.63. The highest BCUT2D eigenvalue weighted by atomic mass is 19.4. The number of nitrogens with zero attached hydrogens (tertiary/aromatic N) is 1. The Balaban J connectivity index is 1.61. The molecule has 1 aromatic heterocycles. The van der Waals surface area contributed by atoms with Crippen molar-refractivity contribution in [2.45, 2.75) is 12.7 Å². The van der Waals surface area contributed by atoms with E-state index in [1.165, 1.54) is 24.3 Å². The van der Waals surface area contributed by atoms with Crippen molar-refractivity contribution in [2.24, 2.45) is 0 Å². The van der Waals surface area contributed by atoms with Gasteiger partial charge in [0, 0.05) is 6.08 Å². The first-order valence-corrected chi connectivity index (χ1v) is 7.48. The normalized spacial score (nSPS) is 12.0. The van der Waals surface area contributed by atoms with E-state index in [1.807, 2.05) is 24.3 Å². The number of rotatable bonds is 4. The second kappa shape index (κ2) is 6.80. The topological polar surface area (TPSA) is 57.8 Å². The van der Waals surface area contributed by atoms with Crippen molar-refractivity contribution < 1.29 is 18.0 Å². The molecule has 0 spiro atoms. The molecule has 2 N–H and O–H groups in total. The van der Waals surface area contributed by atoms with Crippen molar-refractivity contribution >= 4 is 23.0 Å². The highest BCUT2D eigenvalue weighted by Crippen LogP contribution is 2.29. The molecule has 0 fully saturated rings. The quantitative estimate of drug-likeness (QED) is 0.705. The van der Waals surface area contributed by atoms with E-state index >= 15 is 0 Å². The van der Waals surface area contributed by atoms with E-state index in [4.69, 9.17) is 0 Å². The second-order valence-electron chi connectivity index (χ2n) is 5.38. The smallest absolute Gasteiger partial charge is 0.345 e. The fourth-order valence-electron chi connectivity index (χ4n) is 2.31. The van der Waals surface area contributed by atoms with E-state index in [0.717, 1.165) is 23.2 Å². The van der Waals surface area contributed by atoms with Gasteiger partial charge in [0.2, 0.25) is 5.91 Å². The van der Waals surface area contributed by atoms with Gasteiger partial charge in [-0.25, -0.2) is 4.98 Å². The third-order valence-electron chi connectivity index (χ3n) is 3.51. The summed E-state index contributed by atoms with van der Waals surface area (Å²) in [6, 6.07) is 12.2. The maximum atomic E-state index is 12.6. The number of imidazole rings is 1. The summed E-state index contributed by atoms with van der Waals surface area (Å²) in [5.41, 5.74) is 1.21. The summed E-state index contributed by atoms with van der Waals surface area (Å²) in [6.07, 6.45) is -1.88. The molecule has 7 heteroatoms. The number of halogens is 3. The minimum Gasteiger partial charge on any atom is -0.345 e. The average Bonchev–Trinajstić information content (AvgIpc) is 3.00. The molecule has 2 aromatic carbocycles. The first-order valence-electron chi connectivity index (χ1n) is 7.48. The number of hydrogen-bond donors (Lipinski definition) is 2. The molecule has 0 unspecified atom stereocenters. The summed E-state index contributed by atoms with van der Waals surface area (Å²) < 4.78 is 37.9. The molecule has 1 amide bonds. The number of hydrogen-bond acceptors (Lipinski definition) is 2. The van der Waals surface area contributed by atoms with Crippen molar-refractivity contribution in [3.05, 3.63) is 71.6 Å². The maximum absolute atomic E-state index is 12.6. The van der Waals surface area contributed by atoms with Gasteiger partial charge >= 0.3 is 6.18 Å². The lowest BCUT2D eigenvalue weighted by Gasteiger charge is -2.06. The van der Waals surface area contributed by atoms with Gasteiger partial charge in [-0.15, -0.1) is 0 Å². The zero-order chi connectivity index (χ0) is 17.9. The standard InChI is InChI=1S/C18H14F3N3O/c19-18(20,21)13-5-3-4-12(10-13)8-9-17(25)22-11-16-23-14-6-1-2-7-15(14)24-16/h1-10H,11H2,(H,22,25)(H,23,24). The molecule has 0 aliphatic carbocycles. The number of aromatic nitrogens is 2. The molecular weight excluding hydrogens is 331 g/mol. The zero-order valence-corrected chi connectivity index (χ0v) is 13.0. The minimum atomic E-state index is -4.41. The Morgan fingerprint density at radius 1 is 1.16 bits per heavy atom. The average molecular weight is 345 g/mol. The Kier molecular flexibility index (Phi) is 4.56. The van der Waals surface area contributed by atoms with Crippen LogP contribution in [0.15, 0.2) is 54.6 Å². The molecule has 0 radical (unpaired) electrons. The lowest BCUT2D eigenvalue weighted by molar-refractivity contribution is -0.137. The molecule has 0 bridgehead atoms. The van der Waals surface area contributed by atoms with E-state index < -0.39 is 17.6 Å². The molecule has 128 valence electrons. The lowest BCUT2D eigenvalue weighted by Crippen LogP contribution is -2.20. The Labute approximate surface area is 141 Å². The third-order valence-corrected chi connectivity index (χ3v) is 3.51. The van der Waals surface area contributed by atoms with Crippen LogP contribution in [0.25, 0.3) is 17.1 Å². The molecular formula is C18H14F3N3O. The van der Waals surface area contributed by atoms with E-state index in [9.17, 15) is 18.0 Å². The molecule has 3 rings (SSSR count). The number of aromatic amines is 1. The van der Waals surface area contributed by atoms with Crippen molar-refractivity contribution in [1.29, 1.82) is 0 Å². The van der Waals surface area contributed by atoms with Gasteiger partial charge in [0.1, 0.15) is 5.82 Å². The number of nitrogens with one attached hydrogen (secondary N) is 2. The van der Waals surface area contributed by atoms with Crippen LogP contribution in [0.3, 0.4) is 0 Å². The van der Waals surface area contributed by atoms with Crippen LogP contribution in [0.5, 0.6) is 0 Å². The number of carbonyl (C=O) groups is 1. The highest BCUT2D eigenvalue weighted by molar-refractivity contribution is 5.91. The first-order chi connectivity index (χ1) is 11.9. The fraction of sp³-hybridized carbons (Fsp3) is 0.111. The third kappa shape index (κ3) is 4.26. The molecule has 0 atom stereocenters. The summed E-state index contributed by atoms with van der Waals surface area (Å²) >= 11 is 0. The molecule has 25 heavy (non-hydrogen) atoms. The monoisotopic (exact) mass is 345 g/mol. The van der Waals surface area contributed by atoms with Crippen LogP contribution in [-0.2, 0) is 17.5 Å². The van der Waals surface area contributed by atoms with E-state index in [1.54, 1.807) is 0 Å². The number of para-hydroxylation sites is 2. The minimum absolute atomic E-state index is 0.195. The van der Waals surface area contributed by atoms with Crippen LogP contribution in [0, 0.1) is 0 Å². The molecule has 1 heterocycles. The molecule has 4 nitrogen and oxygen atoms in total. The van der Waals surface area contributed by atoms with Crippen molar-refractivity contribution in [3.8, 4) is 0 Å². The van der Waals surface area contributed by atoms with Gasteiger partial charge in [-0.1, -0.05) is 24.3 Å². The van der Waals surface area contributed by atoms with Gasteiger partial charge in [0.15, 0.2) is 0 Å². The molecule has 0 aliphatic rings. The molecule has 0 saturated carbocycles. The number of carbonyl (C=O) groups excluding carboxylic acids is 1. The van der Waals surface area contributed by atoms with Gasteiger partial charge in [0.25, 0.3) is 0 Å². The summed E-state index contributed by atoms with van der Waals surface area (Å²) in [5.74, 6) is 0.180. The van der Waals surface area contributed by atoms with E-state index in [0.29, 0.717) is 11.4 Å². The van der Waals surface area contributed by atoms with Crippen molar-refractivity contribution in [1.82, 2.24) is 15.3 Å². The maximum Gasteiger partial charge on any atom is 0.416 e. The predicted molar refractivity (Wildman–Crippen MR) is 88.4 cm³/mol. The van der Waals surface area contributed by atoms with E-state index in [2.05, 4.69) is 15.3 Å². The van der Waals surface area contributed by atoms with Crippen LogP contribution in [0.1, 0.15) is 17.0 Å². The fourth-order valence-corrected chi connectivity index (χ4v) is 2.31. The van der Waals surface area contributed by atoms with Gasteiger partial charge in [-0.05, 0) is 35.9 Å². The number of alkyl halides is 3.